The Morgan fingerprint density at radius 1 is 1.13 bits per heavy atom. The van der Waals surface area contributed by atoms with Gasteiger partial charge in [0.25, 0.3) is 4.92 Å². The van der Waals surface area contributed by atoms with Crippen LogP contribution in [0.3, 0.4) is 0 Å². The standard InChI is InChI=1S/C20H19N2O6PS/c1-12-4-9-17(13(2)10-12)29(27,28-3)21-16-11-18(30-19(16)20(23)24)14-5-7-15(8-6-14)22(25)26/h4-11H,1-3H3,(H2-,21,23,24,25,26,27)/p+1. The Balaban J connectivity index is 2.03. The molecule has 0 bridgehead atoms. The minimum absolute atomic E-state index is 0.0243. The smallest absolute Gasteiger partial charge is 0.348 e. The molecule has 10 heteroatoms. The van der Waals surface area contributed by atoms with E-state index < -0.39 is 13.5 Å². The fourth-order valence-corrected chi connectivity index (χ4v) is 5.76. The lowest BCUT2D eigenvalue weighted by molar-refractivity contribution is -0.729. The van der Waals surface area contributed by atoms with E-state index in [4.69, 9.17) is 9.73 Å². The Hall–Kier alpha value is -3.00. The third-order valence-corrected chi connectivity index (χ3v) is 7.85. The Morgan fingerprint density at radius 2 is 1.80 bits per heavy atom. The van der Waals surface area contributed by atoms with Crippen LogP contribution in [0.5, 0.6) is 0 Å². The number of aromatic carboxylic acids is 1. The quantitative estimate of drug-likeness (QED) is 0.341. The van der Waals surface area contributed by atoms with Crippen LogP contribution in [0, 0.1) is 18.8 Å². The van der Waals surface area contributed by atoms with Crippen LogP contribution in [0.15, 0.2) is 48.5 Å². The Labute approximate surface area is 176 Å². The molecule has 0 saturated carbocycles. The summed E-state index contributed by atoms with van der Waals surface area (Å²) < 4.78 is 18.9. The molecule has 0 aliphatic carbocycles. The molecule has 3 rings (SSSR count). The predicted octanol–water partition coefficient (Wildman–Crippen LogP) is 5.11. The van der Waals surface area contributed by atoms with Gasteiger partial charge in [0.1, 0.15) is 4.88 Å². The van der Waals surface area contributed by atoms with Crippen molar-refractivity contribution in [1.29, 1.82) is 0 Å². The fraction of sp³-hybridized carbons (Fsp3) is 0.150. The van der Waals surface area contributed by atoms with E-state index in [1.807, 2.05) is 26.0 Å². The summed E-state index contributed by atoms with van der Waals surface area (Å²) >= 11 is 0.995. The number of carboxylic acid groups (broad SMARTS) is 1. The number of nitrogens with one attached hydrogen (secondary N) is 1. The highest BCUT2D eigenvalue weighted by Crippen LogP contribution is 2.48. The van der Waals surface area contributed by atoms with E-state index in [0.29, 0.717) is 15.7 Å². The molecule has 1 unspecified atom stereocenters. The number of benzene rings is 2. The van der Waals surface area contributed by atoms with Crippen LogP contribution in [-0.4, -0.2) is 28.3 Å². The maximum absolute atomic E-state index is 13.5. The number of nitrogens with zero attached hydrogens (tertiary/aromatic N) is 1. The number of rotatable bonds is 7. The van der Waals surface area contributed by atoms with E-state index in [1.165, 1.54) is 19.2 Å². The Bertz CT molecular complexity index is 1170. The number of anilines is 1. The summed E-state index contributed by atoms with van der Waals surface area (Å²) in [6.07, 6.45) is 0. The van der Waals surface area contributed by atoms with Crippen molar-refractivity contribution in [2.45, 2.75) is 13.8 Å². The largest absolute Gasteiger partial charge is 0.477 e. The molecule has 0 aliphatic rings. The summed E-state index contributed by atoms with van der Waals surface area (Å²) in [5.74, 6) is -1.17. The lowest BCUT2D eigenvalue weighted by Crippen LogP contribution is -2.17. The average molecular weight is 447 g/mol. The van der Waals surface area contributed by atoms with E-state index >= 15 is 0 Å². The van der Waals surface area contributed by atoms with Crippen molar-refractivity contribution in [3.05, 3.63) is 69.4 Å². The van der Waals surface area contributed by atoms with Gasteiger partial charge in [-0.05, 0) is 49.2 Å². The molecule has 1 heterocycles. The molecular formula is C20H20N2O6PS+. The summed E-state index contributed by atoms with van der Waals surface area (Å²) in [5, 5.41) is 21.9. The maximum atomic E-state index is 13.5. The summed E-state index contributed by atoms with van der Waals surface area (Å²) in [4.78, 5) is 23.0. The van der Waals surface area contributed by atoms with E-state index in [9.17, 15) is 19.4 Å². The second-order valence-electron chi connectivity index (χ2n) is 6.61. The monoisotopic (exact) mass is 447 g/mol. The highest BCUT2D eigenvalue weighted by Gasteiger charge is 2.30. The first-order valence-corrected chi connectivity index (χ1v) is 11.2. The van der Waals surface area contributed by atoms with E-state index in [1.54, 1.807) is 24.3 Å². The third-order valence-electron chi connectivity index (χ3n) is 4.49. The minimum Gasteiger partial charge on any atom is -0.477 e. The van der Waals surface area contributed by atoms with Crippen LogP contribution in [0.2, 0.25) is 0 Å². The number of hydrogen-bond acceptors (Lipinski definition) is 5. The van der Waals surface area contributed by atoms with Gasteiger partial charge in [-0.15, -0.1) is 11.3 Å². The summed E-state index contributed by atoms with van der Waals surface area (Å²) in [6.45, 7) is 3.73. The average Bonchev–Trinajstić information content (AvgIpc) is 3.11. The Morgan fingerprint density at radius 3 is 2.33 bits per heavy atom. The van der Waals surface area contributed by atoms with Gasteiger partial charge in [-0.25, -0.2) is 10.0 Å². The predicted molar refractivity (Wildman–Crippen MR) is 116 cm³/mol. The van der Waals surface area contributed by atoms with E-state index in [-0.39, 0.29) is 21.2 Å². The molecule has 0 radical (unpaired) electrons. The Kier molecular flexibility index (Phi) is 6.07. The van der Waals surface area contributed by atoms with Crippen molar-refractivity contribution in [2.75, 3.05) is 12.2 Å². The molecule has 1 atom stereocenters. The van der Waals surface area contributed by atoms with Gasteiger partial charge in [0.15, 0.2) is 0 Å². The van der Waals surface area contributed by atoms with Gasteiger partial charge >= 0.3 is 19.2 Å². The van der Waals surface area contributed by atoms with Crippen LogP contribution in [0.1, 0.15) is 20.8 Å². The van der Waals surface area contributed by atoms with Gasteiger partial charge in [-0.3, -0.25) is 4.57 Å². The van der Waals surface area contributed by atoms with Crippen LogP contribution < -0.4 is 10.4 Å². The number of aryl methyl sites for hydroxylation is 2. The second-order valence-corrected chi connectivity index (χ2v) is 9.84. The molecule has 0 spiro atoms. The van der Waals surface area contributed by atoms with Crippen molar-refractivity contribution >= 4 is 41.5 Å². The van der Waals surface area contributed by atoms with Crippen molar-refractivity contribution in [2.24, 2.45) is 0 Å². The normalized spacial score (nSPS) is 12.9. The van der Waals surface area contributed by atoms with Crippen molar-refractivity contribution < 1.29 is 29.1 Å². The highest BCUT2D eigenvalue weighted by atomic mass is 32.1. The maximum Gasteiger partial charge on any atom is 0.348 e. The number of carbonyl (C=O) groups is 1. The zero-order valence-electron chi connectivity index (χ0n) is 16.4. The zero-order chi connectivity index (χ0) is 22.1. The molecule has 3 aromatic rings. The number of thiophene rings is 1. The first kappa shape index (κ1) is 21.7. The van der Waals surface area contributed by atoms with Crippen molar-refractivity contribution in [3.63, 3.8) is 0 Å². The topological polar surface area (TPSA) is 116 Å². The molecule has 3 N–H and O–H groups in total. The van der Waals surface area contributed by atoms with Gasteiger partial charge in [-0.1, -0.05) is 17.7 Å². The van der Waals surface area contributed by atoms with Crippen LogP contribution >= 0.6 is 18.9 Å². The molecule has 30 heavy (non-hydrogen) atoms. The van der Waals surface area contributed by atoms with Gasteiger partial charge in [0.2, 0.25) is 0 Å². The molecule has 0 fully saturated rings. The molecule has 0 aliphatic heterocycles. The molecule has 2 aromatic carbocycles. The van der Waals surface area contributed by atoms with Gasteiger partial charge in [0, 0.05) is 24.1 Å². The molecule has 0 saturated heterocycles. The molecule has 8 nitrogen and oxygen atoms in total. The molecule has 1 aromatic heterocycles. The minimum atomic E-state index is -3.59. The number of hydrogen-bond donors (Lipinski definition) is 3. The number of carboxylic acids is 1. The van der Waals surface area contributed by atoms with Gasteiger partial charge in [-0.2, -0.15) is 0 Å². The van der Waals surface area contributed by atoms with Crippen molar-refractivity contribution in [3.8, 4) is 10.4 Å². The molecule has 0 amide bonds. The zero-order valence-corrected chi connectivity index (χ0v) is 18.2. The van der Waals surface area contributed by atoms with Gasteiger partial charge < -0.3 is 14.7 Å². The second kappa shape index (κ2) is 8.39. The lowest BCUT2D eigenvalue weighted by atomic mass is 10.1. The summed E-state index contributed by atoms with van der Waals surface area (Å²) in [7, 11) is -2.28. The van der Waals surface area contributed by atoms with Crippen molar-refractivity contribution in [1.82, 2.24) is 0 Å². The van der Waals surface area contributed by atoms with E-state index in [2.05, 4.69) is 5.09 Å². The molecule has 156 valence electrons. The summed E-state index contributed by atoms with van der Waals surface area (Å²) in [5.41, 5.74) is 2.63. The SMILES string of the molecule is COP(=O)(Nc1cc(-c2ccc([N+](=O)O)cc2)sc1C(=O)O)c1ccc(C)cc1C. The fourth-order valence-electron chi connectivity index (χ4n) is 3.03. The van der Waals surface area contributed by atoms with E-state index in [0.717, 1.165) is 22.5 Å². The van der Waals surface area contributed by atoms with Crippen LogP contribution in [0.25, 0.3) is 10.4 Å². The molecular weight excluding hydrogens is 427 g/mol. The van der Waals surface area contributed by atoms with Crippen LogP contribution in [-0.2, 0) is 9.09 Å². The summed E-state index contributed by atoms with van der Waals surface area (Å²) in [6, 6.07) is 13.0. The third kappa shape index (κ3) is 4.28. The highest BCUT2D eigenvalue weighted by molar-refractivity contribution is 7.68. The van der Waals surface area contributed by atoms with Gasteiger partial charge in [0.05, 0.1) is 15.9 Å². The lowest BCUT2D eigenvalue weighted by Gasteiger charge is -2.20. The van der Waals surface area contributed by atoms with Crippen LogP contribution in [0.4, 0.5) is 11.4 Å². The first-order valence-electron chi connectivity index (χ1n) is 8.80. The first-order chi connectivity index (χ1) is 14.1.